The van der Waals surface area contributed by atoms with E-state index in [1.807, 2.05) is 0 Å². The zero-order valence-corrected chi connectivity index (χ0v) is 11.5. The first-order chi connectivity index (χ1) is 6.80. The van der Waals surface area contributed by atoms with Crippen molar-refractivity contribution < 1.29 is 9.31 Å². The summed E-state index contributed by atoms with van der Waals surface area (Å²) < 4.78 is 10.8. The van der Waals surface area contributed by atoms with Crippen molar-refractivity contribution in [2.24, 2.45) is 0 Å². The van der Waals surface area contributed by atoms with Gasteiger partial charge in [-0.3, -0.25) is 0 Å². The van der Waals surface area contributed by atoms with Crippen molar-refractivity contribution in [2.45, 2.75) is 9.88 Å². The number of benzene rings is 1. The molecule has 0 aromatic heterocycles. The topological polar surface area (TPSA) is 18.5 Å². The maximum absolute atomic E-state index is 4.60. The van der Waals surface area contributed by atoms with E-state index in [2.05, 4.69) is 49.5 Å². The molecule has 1 aromatic carbocycles. The molecule has 0 unspecified atom stereocenters. The van der Waals surface area contributed by atoms with E-state index in [9.17, 15) is 0 Å². The van der Waals surface area contributed by atoms with E-state index in [-0.39, 0.29) is 0 Å². The summed E-state index contributed by atoms with van der Waals surface area (Å²) in [5.74, 6) is 0. The number of hydrogen-bond donors (Lipinski definition) is 0. The van der Waals surface area contributed by atoms with E-state index >= 15 is 0 Å². The first kappa shape index (κ1) is 12.1. The molecule has 0 saturated carbocycles. The van der Waals surface area contributed by atoms with E-state index < -0.39 is 19.8 Å². The summed E-state index contributed by atoms with van der Waals surface area (Å²) in [5.41, 5.74) is 0. The second kappa shape index (κ2) is 7.32. The van der Waals surface area contributed by atoms with E-state index in [1.54, 1.807) is 3.58 Å². The normalized spacial score (nSPS) is 14.5. The van der Waals surface area contributed by atoms with Crippen LogP contribution in [0.15, 0.2) is 30.3 Å². The molecule has 0 aliphatic carbocycles. The van der Waals surface area contributed by atoms with Crippen molar-refractivity contribution in [2.75, 3.05) is 13.2 Å². The predicted octanol–water partition coefficient (Wildman–Crippen LogP) is 1.22. The molecular formula is C10H15BO2Sn. The van der Waals surface area contributed by atoms with E-state index in [0.717, 1.165) is 13.2 Å². The van der Waals surface area contributed by atoms with Crippen LogP contribution in [0.2, 0.25) is 9.88 Å². The summed E-state index contributed by atoms with van der Waals surface area (Å²) in [6, 6.07) is 10.8. The van der Waals surface area contributed by atoms with Gasteiger partial charge in [0.05, 0.1) is 13.2 Å². The standard InChI is InChI=1S/C6H5.C2H4BO2.2CH3.Sn/c1-2-4-6-5-3-1;1-2-5-3-4-1;;;/h1-5H;1-2H2;2*1H3;. The first-order valence-electron chi connectivity index (χ1n) is 4.71. The fraction of sp³-hybridized carbons (Fsp3) is 0.400. The number of rotatable bonds is 1. The Kier molecular flexibility index (Phi) is 6.31. The predicted molar refractivity (Wildman–Crippen MR) is 61.2 cm³/mol. The van der Waals surface area contributed by atoms with Crippen LogP contribution in [0.4, 0.5) is 0 Å². The molecule has 0 bridgehead atoms. The van der Waals surface area contributed by atoms with Gasteiger partial charge in [0.25, 0.3) is 0 Å². The molecule has 1 aromatic rings. The molecule has 2 rings (SSSR count). The van der Waals surface area contributed by atoms with Crippen molar-refractivity contribution in [3.63, 3.8) is 0 Å². The van der Waals surface area contributed by atoms with Gasteiger partial charge in [0, 0.05) is 0 Å². The van der Waals surface area contributed by atoms with Crippen molar-refractivity contribution in [1.29, 1.82) is 0 Å². The van der Waals surface area contributed by atoms with Crippen LogP contribution in [0.3, 0.4) is 0 Å². The summed E-state index contributed by atoms with van der Waals surface area (Å²) in [7, 11) is 1.36. The third kappa shape index (κ3) is 5.03. The van der Waals surface area contributed by atoms with E-state index in [1.165, 1.54) is 7.69 Å². The van der Waals surface area contributed by atoms with Gasteiger partial charge in [-0.15, -0.1) is 0 Å². The van der Waals surface area contributed by atoms with Gasteiger partial charge in [-0.1, -0.05) is 0 Å². The molecule has 74 valence electrons. The molecule has 1 fully saturated rings. The van der Waals surface area contributed by atoms with Crippen LogP contribution >= 0.6 is 0 Å². The quantitative estimate of drug-likeness (QED) is 0.726. The molecule has 2 radical (unpaired) electrons. The molecule has 1 saturated heterocycles. The zero-order valence-electron chi connectivity index (χ0n) is 8.69. The second-order valence-corrected chi connectivity index (χ2v) is 10.6. The monoisotopic (exact) mass is 298 g/mol. The Morgan fingerprint density at radius 3 is 1.93 bits per heavy atom. The summed E-state index contributed by atoms with van der Waals surface area (Å²) >= 11 is -1.02. The van der Waals surface area contributed by atoms with Gasteiger partial charge in [0.1, 0.15) is 0 Å². The van der Waals surface area contributed by atoms with Crippen LogP contribution in [0, 0.1) is 0 Å². The van der Waals surface area contributed by atoms with Crippen molar-refractivity contribution in [1.82, 2.24) is 0 Å². The summed E-state index contributed by atoms with van der Waals surface area (Å²) in [5, 5.41) is 0. The molecule has 1 heterocycles. The van der Waals surface area contributed by atoms with E-state index in [0.29, 0.717) is 0 Å². The Balaban J connectivity index is 0.000000165. The fourth-order valence-electron chi connectivity index (χ4n) is 1.01. The molecule has 1 aliphatic heterocycles. The molecule has 14 heavy (non-hydrogen) atoms. The van der Waals surface area contributed by atoms with Gasteiger partial charge in [0.2, 0.25) is 0 Å². The summed E-state index contributed by atoms with van der Waals surface area (Å²) in [6.07, 6.45) is 0. The van der Waals surface area contributed by atoms with Gasteiger partial charge in [-0.25, -0.2) is 0 Å². The van der Waals surface area contributed by atoms with Crippen molar-refractivity contribution in [3.05, 3.63) is 30.3 Å². The Morgan fingerprint density at radius 2 is 1.64 bits per heavy atom. The van der Waals surface area contributed by atoms with Crippen LogP contribution in [0.1, 0.15) is 0 Å². The van der Waals surface area contributed by atoms with E-state index in [4.69, 9.17) is 0 Å². The van der Waals surface area contributed by atoms with Crippen LogP contribution < -0.4 is 3.58 Å². The third-order valence-corrected chi connectivity index (χ3v) is 6.05. The Hall–Kier alpha value is 0.00364. The van der Waals surface area contributed by atoms with Crippen LogP contribution in [0.25, 0.3) is 0 Å². The zero-order chi connectivity index (χ0) is 10.2. The van der Waals surface area contributed by atoms with Gasteiger partial charge >= 0.3 is 71.2 Å². The van der Waals surface area contributed by atoms with Crippen molar-refractivity contribution in [3.8, 4) is 0 Å². The average Bonchev–Trinajstić information content (AvgIpc) is 2.77. The van der Waals surface area contributed by atoms with Gasteiger partial charge in [-0.05, 0) is 0 Å². The molecule has 0 amide bonds. The van der Waals surface area contributed by atoms with Crippen LogP contribution in [-0.4, -0.2) is 40.7 Å². The SMILES string of the molecule is [B]1OCCO1.[CH3][Sn]([CH3])[c]1ccccc1. The van der Waals surface area contributed by atoms with Crippen molar-refractivity contribution >= 4 is 31.0 Å². The number of hydrogen-bond acceptors (Lipinski definition) is 2. The molecule has 0 atom stereocenters. The average molecular weight is 297 g/mol. The molecule has 4 heteroatoms. The van der Waals surface area contributed by atoms with Crippen LogP contribution in [-0.2, 0) is 9.31 Å². The summed E-state index contributed by atoms with van der Waals surface area (Å²) in [4.78, 5) is 4.80. The molecule has 2 nitrogen and oxygen atoms in total. The Labute approximate surface area is 93.7 Å². The third-order valence-electron chi connectivity index (χ3n) is 1.81. The summed E-state index contributed by atoms with van der Waals surface area (Å²) in [6.45, 7) is 1.44. The first-order valence-corrected chi connectivity index (χ1v) is 11.8. The van der Waals surface area contributed by atoms with Crippen LogP contribution in [0.5, 0.6) is 0 Å². The minimum absolute atomic E-state index is 0.722. The Morgan fingerprint density at radius 1 is 1.07 bits per heavy atom. The molecule has 0 spiro atoms. The molecule has 0 N–H and O–H groups in total. The van der Waals surface area contributed by atoms with Gasteiger partial charge in [-0.2, -0.15) is 0 Å². The minimum atomic E-state index is -1.02. The van der Waals surface area contributed by atoms with Gasteiger partial charge in [0.15, 0.2) is 0 Å². The fourth-order valence-corrected chi connectivity index (χ4v) is 3.46. The second-order valence-electron chi connectivity index (χ2n) is 3.20. The maximum atomic E-state index is 4.60. The molecule has 1 aliphatic rings. The molecular weight excluding hydrogens is 282 g/mol. The van der Waals surface area contributed by atoms with Gasteiger partial charge < -0.3 is 9.31 Å². The Bertz CT molecular complexity index is 230.